The predicted octanol–water partition coefficient (Wildman–Crippen LogP) is 1.98. The number of nitrogens with zero attached hydrogens (tertiary/aromatic N) is 1. The minimum atomic E-state index is -0.753. The molecule has 1 aliphatic rings. The van der Waals surface area contributed by atoms with Gasteiger partial charge in [0.25, 0.3) is 0 Å². The van der Waals surface area contributed by atoms with Crippen LogP contribution in [0, 0.1) is 5.92 Å². The lowest BCUT2D eigenvalue weighted by Gasteiger charge is -2.30. The van der Waals surface area contributed by atoms with Crippen molar-refractivity contribution in [2.24, 2.45) is 5.92 Å². The molecule has 2 N–H and O–H groups in total. The number of rotatable bonds is 5. The summed E-state index contributed by atoms with van der Waals surface area (Å²) in [6.07, 6.45) is 2.09. The second-order valence-corrected chi connectivity index (χ2v) is 5.40. The second kappa shape index (κ2) is 7.11. The first kappa shape index (κ1) is 15.4. The fraction of sp³-hybridized carbons (Fsp3) is 0.500. The first-order valence-electron chi connectivity index (χ1n) is 7.43. The SMILES string of the molecule is CCc1ccc(NCC(=O)N2CCC(C(=O)O)CC2)cc1. The highest BCUT2D eigenvalue weighted by Gasteiger charge is 2.26. The quantitative estimate of drug-likeness (QED) is 0.870. The fourth-order valence-electron chi connectivity index (χ4n) is 2.52. The zero-order chi connectivity index (χ0) is 15.2. The number of piperidine rings is 1. The van der Waals surface area contributed by atoms with Crippen LogP contribution in [0.4, 0.5) is 5.69 Å². The molecule has 0 aromatic heterocycles. The van der Waals surface area contributed by atoms with E-state index in [1.165, 1.54) is 5.56 Å². The van der Waals surface area contributed by atoms with Gasteiger partial charge in [0, 0.05) is 18.8 Å². The van der Waals surface area contributed by atoms with Crippen LogP contribution < -0.4 is 5.32 Å². The summed E-state index contributed by atoms with van der Waals surface area (Å²) >= 11 is 0. The van der Waals surface area contributed by atoms with Crippen molar-refractivity contribution in [2.75, 3.05) is 25.0 Å². The standard InChI is InChI=1S/C16H22N2O3/c1-2-12-3-5-14(6-4-12)17-11-15(19)18-9-7-13(8-10-18)16(20)21/h3-6,13,17H,2,7-11H2,1H3,(H,20,21). The van der Waals surface area contributed by atoms with Gasteiger partial charge in [0.15, 0.2) is 0 Å². The van der Waals surface area contributed by atoms with Gasteiger partial charge in [-0.15, -0.1) is 0 Å². The van der Waals surface area contributed by atoms with Crippen molar-refractivity contribution >= 4 is 17.6 Å². The van der Waals surface area contributed by atoms with E-state index in [1.807, 2.05) is 24.3 Å². The number of amides is 1. The molecule has 5 heteroatoms. The number of benzene rings is 1. The molecule has 21 heavy (non-hydrogen) atoms. The Hall–Kier alpha value is -2.04. The Morgan fingerprint density at radius 1 is 1.24 bits per heavy atom. The number of nitrogens with one attached hydrogen (secondary N) is 1. The van der Waals surface area contributed by atoms with E-state index in [9.17, 15) is 9.59 Å². The molecule has 0 atom stereocenters. The van der Waals surface area contributed by atoms with Crippen LogP contribution in [0.25, 0.3) is 0 Å². The van der Waals surface area contributed by atoms with Gasteiger partial charge < -0.3 is 15.3 Å². The third-order valence-electron chi connectivity index (χ3n) is 4.00. The van der Waals surface area contributed by atoms with Crippen LogP contribution in [0.5, 0.6) is 0 Å². The molecule has 2 rings (SSSR count). The molecule has 1 aliphatic heterocycles. The summed E-state index contributed by atoms with van der Waals surface area (Å²) in [5.74, 6) is -1.03. The lowest BCUT2D eigenvalue weighted by Crippen LogP contribution is -2.42. The van der Waals surface area contributed by atoms with Gasteiger partial charge in [-0.05, 0) is 37.0 Å². The lowest BCUT2D eigenvalue weighted by molar-refractivity contribution is -0.145. The smallest absolute Gasteiger partial charge is 0.306 e. The van der Waals surface area contributed by atoms with Gasteiger partial charge in [0.05, 0.1) is 12.5 Å². The number of carboxylic acids is 1. The molecule has 1 aromatic rings. The van der Waals surface area contributed by atoms with Crippen LogP contribution in [0.1, 0.15) is 25.3 Å². The summed E-state index contributed by atoms with van der Waals surface area (Å²) in [6.45, 7) is 3.43. The predicted molar refractivity (Wildman–Crippen MR) is 81.2 cm³/mol. The van der Waals surface area contributed by atoms with Gasteiger partial charge in [0.2, 0.25) is 5.91 Å². The number of carboxylic acid groups (broad SMARTS) is 1. The molecule has 1 amide bonds. The average molecular weight is 290 g/mol. The average Bonchev–Trinajstić information content (AvgIpc) is 2.53. The van der Waals surface area contributed by atoms with Gasteiger partial charge in [-0.2, -0.15) is 0 Å². The second-order valence-electron chi connectivity index (χ2n) is 5.40. The third-order valence-corrected chi connectivity index (χ3v) is 4.00. The van der Waals surface area contributed by atoms with E-state index in [4.69, 9.17) is 5.11 Å². The molecule has 1 saturated heterocycles. The van der Waals surface area contributed by atoms with Crippen LogP contribution in [-0.2, 0) is 16.0 Å². The monoisotopic (exact) mass is 290 g/mol. The highest BCUT2D eigenvalue weighted by Crippen LogP contribution is 2.17. The number of hydrogen-bond donors (Lipinski definition) is 2. The Balaban J connectivity index is 1.78. The first-order valence-corrected chi connectivity index (χ1v) is 7.43. The first-order chi connectivity index (χ1) is 10.1. The van der Waals surface area contributed by atoms with Crippen molar-refractivity contribution in [1.82, 2.24) is 4.90 Å². The maximum absolute atomic E-state index is 12.1. The van der Waals surface area contributed by atoms with Gasteiger partial charge in [0.1, 0.15) is 0 Å². The topological polar surface area (TPSA) is 69.6 Å². The van der Waals surface area contributed by atoms with Crippen molar-refractivity contribution in [3.63, 3.8) is 0 Å². The van der Waals surface area contributed by atoms with Crippen LogP contribution in [-0.4, -0.2) is 41.5 Å². The molecular weight excluding hydrogens is 268 g/mol. The molecule has 1 aromatic carbocycles. The molecule has 0 saturated carbocycles. The molecule has 1 heterocycles. The van der Waals surface area contributed by atoms with Crippen molar-refractivity contribution in [3.8, 4) is 0 Å². The Bertz CT molecular complexity index is 491. The summed E-state index contributed by atoms with van der Waals surface area (Å²) in [5, 5.41) is 12.1. The number of carbonyl (C=O) groups is 2. The summed E-state index contributed by atoms with van der Waals surface area (Å²) in [4.78, 5) is 24.7. The zero-order valence-corrected chi connectivity index (χ0v) is 12.3. The number of carbonyl (C=O) groups excluding carboxylic acids is 1. The molecule has 0 unspecified atom stereocenters. The van der Waals surface area contributed by atoms with Crippen LogP contribution in [0.2, 0.25) is 0 Å². The highest BCUT2D eigenvalue weighted by atomic mass is 16.4. The van der Waals surface area contributed by atoms with Crippen molar-refractivity contribution < 1.29 is 14.7 Å². The largest absolute Gasteiger partial charge is 0.481 e. The van der Waals surface area contributed by atoms with Crippen LogP contribution in [0.15, 0.2) is 24.3 Å². The molecule has 5 nitrogen and oxygen atoms in total. The van der Waals surface area contributed by atoms with E-state index in [1.54, 1.807) is 4.90 Å². The highest BCUT2D eigenvalue weighted by molar-refractivity contribution is 5.81. The molecule has 0 radical (unpaired) electrons. The number of likely N-dealkylation sites (tertiary alicyclic amines) is 1. The fourth-order valence-corrected chi connectivity index (χ4v) is 2.52. The van der Waals surface area contributed by atoms with Gasteiger partial charge in [-0.3, -0.25) is 9.59 Å². The minimum Gasteiger partial charge on any atom is -0.481 e. The number of aliphatic carboxylic acids is 1. The van der Waals surface area contributed by atoms with Gasteiger partial charge in [-0.1, -0.05) is 19.1 Å². The van der Waals surface area contributed by atoms with E-state index >= 15 is 0 Å². The summed E-state index contributed by atoms with van der Waals surface area (Å²) in [6, 6.07) is 8.04. The van der Waals surface area contributed by atoms with E-state index in [-0.39, 0.29) is 18.4 Å². The Labute approximate surface area is 125 Å². The summed E-state index contributed by atoms with van der Waals surface area (Å²) in [7, 11) is 0. The molecule has 1 fully saturated rings. The van der Waals surface area contributed by atoms with E-state index in [2.05, 4.69) is 12.2 Å². The van der Waals surface area contributed by atoms with E-state index in [0.29, 0.717) is 25.9 Å². The van der Waals surface area contributed by atoms with Crippen LogP contribution in [0.3, 0.4) is 0 Å². The van der Waals surface area contributed by atoms with Crippen molar-refractivity contribution in [2.45, 2.75) is 26.2 Å². The number of aryl methyl sites for hydroxylation is 1. The van der Waals surface area contributed by atoms with E-state index < -0.39 is 5.97 Å². The molecule has 0 spiro atoms. The summed E-state index contributed by atoms with van der Waals surface area (Å²) < 4.78 is 0. The number of anilines is 1. The Morgan fingerprint density at radius 2 is 1.86 bits per heavy atom. The zero-order valence-electron chi connectivity index (χ0n) is 12.3. The van der Waals surface area contributed by atoms with Crippen molar-refractivity contribution in [3.05, 3.63) is 29.8 Å². The molecule has 0 aliphatic carbocycles. The van der Waals surface area contributed by atoms with Crippen molar-refractivity contribution in [1.29, 1.82) is 0 Å². The van der Waals surface area contributed by atoms with Gasteiger partial charge in [-0.25, -0.2) is 0 Å². The Kier molecular flexibility index (Phi) is 5.20. The molecular formula is C16H22N2O3. The Morgan fingerprint density at radius 3 is 2.38 bits per heavy atom. The normalized spacial score (nSPS) is 15.8. The van der Waals surface area contributed by atoms with E-state index in [0.717, 1.165) is 12.1 Å². The maximum atomic E-state index is 12.1. The molecule has 114 valence electrons. The summed E-state index contributed by atoms with van der Waals surface area (Å²) in [5.41, 5.74) is 2.20. The number of hydrogen-bond acceptors (Lipinski definition) is 3. The van der Waals surface area contributed by atoms with Gasteiger partial charge >= 0.3 is 5.97 Å². The maximum Gasteiger partial charge on any atom is 0.306 e. The minimum absolute atomic E-state index is 0.0263. The third kappa shape index (κ3) is 4.21. The van der Waals surface area contributed by atoms with Crippen LogP contribution >= 0.6 is 0 Å². The lowest BCUT2D eigenvalue weighted by atomic mass is 9.97. The molecule has 0 bridgehead atoms.